The van der Waals surface area contributed by atoms with Crippen LogP contribution in [-0.4, -0.2) is 35.6 Å². The lowest BCUT2D eigenvalue weighted by molar-refractivity contribution is 0.0923. The van der Waals surface area contributed by atoms with Crippen LogP contribution in [0.4, 0.5) is 0 Å². The standard InChI is InChI=1S/C20H24N2OS/c1-15-7-3-4-11-19(15)16-8-5-9-17(13-16)20(23)21-18-10-6-12-22(14-18)24-2/h3-5,7-9,11,13,18H,6,10,12,14H2,1-2H3,(H,21,23). The van der Waals surface area contributed by atoms with Gasteiger partial charge in [0.25, 0.3) is 5.91 Å². The van der Waals surface area contributed by atoms with E-state index in [0.29, 0.717) is 0 Å². The lowest BCUT2D eigenvalue weighted by Crippen LogP contribution is -2.45. The Morgan fingerprint density at radius 3 is 2.83 bits per heavy atom. The van der Waals surface area contributed by atoms with Crippen LogP contribution in [0.2, 0.25) is 0 Å². The molecule has 1 N–H and O–H groups in total. The maximum absolute atomic E-state index is 12.6. The SMILES string of the molecule is CSN1CCCC(NC(=O)c2cccc(-c3ccccc3C)c2)C1. The number of hydrogen-bond donors (Lipinski definition) is 1. The summed E-state index contributed by atoms with van der Waals surface area (Å²) < 4.78 is 2.32. The molecule has 2 aromatic rings. The van der Waals surface area contributed by atoms with Crippen LogP contribution in [0.5, 0.6) is 0 Å². The average Bonchev–Trinajstić information content (AvgIpc) is 2.62. The zero-order chi connectivity index (χ0) is 16.9. The number of benzene rings is 2. The van der Waals surface area contributed by atoms with E-state index >= 15 is 0 Å². The van der Waals surface area contributed by atoms with Crippen LogP contribution in [0.3, 0.4) is 0 Å². The molecule has 3 rings (SSSR count). The largest absolute Gasteiger partial charge is 0.348 e. The second kappa shape index (κ2) is 7.86. The van der Waals surface area contributed by atoms with Gasteiger partial charge < -0.3 is 5.32 Å². The quantitative estimate of drug-likeness (QED) is 0.849. The summed E-state index contributed by atoms with van der Waals surface area (Å²) in [6, 6.07) is 16.4. The highest BCUT2D eigenvalue weighted by molar-refractivity contribution is 7.96. The first-order valence-electron chi connectivity index (χ1n) is 8.43. The van der Waals surface area contributed by atoms with Crippen molar-refractivity contribution in [3.8, 4) is 11.1 Å². The number of carbonyl (C=O) groups excluding carboxylic acids is 1. The zero-order valence-electron chi connectivity index (χ0n) is 14.3. The molecular weight excluding hydrogens is 316 g/mol. The molecule has 1 heterocycles. The fourth-order valence-electron chi connectivity index (χ4n) is 3.22. The molecule has 1 saturated heterocycles. The van der Waals surface area contributed by atoms with Gasteiger partial charge in [0.1, 0.15) is 0 Å². The molecule has 0 saturated carbocycles. The molecule has 0 bridgehead atoms. The van der Waals surface area contributed by atoms with Crippen LogP contribution in [0.15, 0.2) is 48.5 Å². The fraction of sp³-hybridized carbons (Fsp3) is 0.350. The van der Waals surface area contributed by atoms with E-state index in [1.165, 1.54) is 11.1 Å². The first-order valence-corrected chi connectivity index (χ1v) is 9.61. The van der Waals surface area contributed by atoms with Crippen LogP contribution in [0.25, 0.3) is 11.1 Å². The van der Waals surface area contributed by atoms with Gasteiger partial charge >= 0.3 is 0 Å². The molecule has 2 aromatic carbocycles. The van der Waals surface area contributed by atoms with Crippen LogP contribution in [0, 0.1) is 6.92 Å². The predicted octanol–water partition coefficient (Wildman–Crippen LogP) is 4.13. The summed E-state index contributed by atoms with van der Waals surface area (Å²) in [6.07, 6.45) is 4.28. The first-order chi connectivity index (χ1) is 11.7. The van der Waals surface area contributed by atoms with Crippen molar-refractivity contribution < 1.29 is 4.79 Å². The maximum Gasteiger partial charge on any atom is 0.251 e. The number of carbonyl (C=O) groups is 1. The van der Waals surface area contributed by atoms with Gasteiger partial charge in [-0.1, -0.05) is 48.3 Å². The number of amides is 1. The number of rotatable bonds is 4. The van der Waals surface area contributed by atoms with Crippen molar-refractivity contribution in [2.24, 2.45) is 0 Å². The maximum atomic E-state index is 12.6. The van der Waals surface area contributed by atoms with Crippen molar-refractivity contribution in [3.63, 3.8) is 0 Å². The molecular formula is C20H24N2OS. The van der Waals surface area contributed by atoms with Crippen LogP contribution < -0.4 is 5.32 Å². The van der Waals surface area contributed by atoms with Crippen molar-refractivity contribution in [1.29, 1.82) is 0 Å². The molecule has 0 aliphatic carbocycles. The lowest BCUT2D eigenvalue weighted by Gasteiger charge is -2.31. The third kappa shape index (κ3) is 4.00. The van der Waals surface area contributed by atoms with Crippen molar-refractivity contribution in [1.82, 2.24) is 9.62 Å². The highest BCUT2D eigenvalue weighted by Crippen LogP contribution is 2.24. The highest BCUT2D eigenvalue weighted by Gasteiger charge is 2.21. The van der Waals surface area contributed by atoms with E-state index in [2.05, 4.69) is 41.0 Å². The van der Waals surface area contributed by atoms with Crippen molar-refractivity contribution in [3.05, 3.63) is 59.7 Å². The lowest BCUT2D eigenvalue weighted by atomic mass is 9.98. The summed E-state index contributed by atoms with van der Waals surface area (Å²) >= 11 is 1.76. The number of piperidine rings is 1. The third-order valence-corrected chi connectivity index (χ3v) is 5.41. The van der Waals surface area contributed by atoms with Gasteiger partial charge in [0.05, 0.1) is 0 Å². The molecule has 1 amide bonds. The Morgan fingerprint density at radius 2 is 2.04 bits per heavy atom. The third-order valence-electron chi connectivity index (χ3n) is 4.56. The Hall–Kier alpha value is -1.78. The van der Waals surface area contributed by atoms with E-state index in [-0.39, 0.29) is 11.9 Å². The number of aryl methyl sites for hydroxylation is 1. The van der Waals surface area contributed by atoms with E-state index in [9.17, 15) is 4.79 Å². The van der Waals surface area contributed by atoms with Crippen molar-refractivity contribution >= 4 is 17.9 Å². The summed E-state index contributed by atoms with van der Waals surface area (Å²) in [5.74, 6) is 0.0263. The van der Waals surface area contributed by atoms with E-state index < -0.39 is 0 Å². The molecule has 1 aliphatic heterocycles. The molecule has 1 aliphatic rings. The van der Waals surface area contributed by atoms with E-state index in [1.807, 2.05) is 30.3 Å². The molecule has 1 atom stereocenters. The summed E-state index contributed by atoms with van der Waals surface area (Å²) in [4.78, 5) is 12.6. The molecule has 0 spiro atoms. The highest BCUT2D eigenvalue weighted by atomic mass is 32.2. The molecule has 126 valence electrons. The number of nitrogens with one attached hydrogen (secondary N) is 1. The molecule has 4 heteroatoms. The molecule has 1 unspecified atom stereocenters. The molecule has 0 radical (unpaired) electrons. The topological polar surface area (TPSA) is 32.3 Å². The smallest absolute Gasteiger partial charge is 0.251 e. The summed E-state index contributed by atoms with van der Waals surface area (Å²) in [5.41, 5.74) is 4.23. The van der Waals surface area contributed by atoms with Gasteiger partial charge in [-0.25, -0.2) is 4.31 Å². The second-order valence-corrected chi connectivity index (χ2v) is 7.16. The van der Waals surface area contributed by atoms with Gasteiger partial charge in [0.2, 0.25) is 0 Å². The number of nitrogens with zero attached hydrogens (tertiary/aromatic N) is 1. The second-order valence-electron chi connectivity index (χ2n) is 6.28. The van der Waals surface area contributed by atoms with E-state index in [1.54, 1.807) is 11.9 Å². The molecule has 1 fully saturated rings. The molecule has 3 nitrogen and oxygen atoms in total. The normalized spacial score (nSPS) is 18.3. The van der Waals surface area contributed by atoms with Gasteiger partial charge in [-0.05, 0) is 54.8 Å². The molecule has 0 aromatic heterocycles. The minimum absolute atomic E-state index is 0.0263. The van der Waals surface area contributed by atoms with Gasteiger partial charge in [0, 0.05) is 24.7 Å². The summed E-state index contributed by atoms with van der Waals surface area (Å²) in [5, 5.41) is 3.20. The van der Waals surface area contributed by atoms with Crippen molar-refractivity contribution in [2.45, 2.75) is 25.8 Å². The Bertz CT molecular complexity index is 716. The average molecular weight is 340 g/mol. The molecule has 24 heavy (non-hydrogen) atoms. The monoisotopic (exact) mass is 340 g/mol. The van der Waals surface area contributed by atoms with E-state index in [0.717, 1.165) is 37.1 Å². The van der Waals surface area contributed by atoms with Crippen molar-refractivity contribution in [2.75, 3.05) is 19.3 Å². The number of hydrogen-bond acceptors (Lipinski definition) is 3. The Kier molecular flexibility index (Phi) is 5.59. The van der Waals surface area contributed by atoms with Crippen LogP contribution in [-0.2, 0) is 0 Å². The minimum atomic E-state index is 0.0263. The predicted molar refractivity (Wildman–Crippen MR) is 102 cm³/mol. The first kappa shape index (κ1) is 17.1. The Labute approximate surface area is 148 Å². The van der Waals surface area contributed by atoms with Gasteiger partial charge in [0.15, 0.2) is 0 Å². The minimum Gasteiger partial charge on any atom is -0.348 e. The fourth-order valence-corrected chi connectivity index (χ4v) is 3.86. The van der Waals surface area contributed by atoms with Gasteiger partial charge in [-0.3, -0.25) is 4.79 Å². The summed E-state index contributed by atoms with van der Waals surface area (Å²) in [6.45, 7) is 4.13. The Balaban J connectivity index is 1.74. The Morgan fingerprint density at radius 1 is 1.21 bits per heavy atom. The van der Waals surface area contributed by atoms with Gasteiger partial charge in [-0.15, -0.1) is 0 Å². The van der Waals surface area contributed by atoms with Crippen LogP contribution in [0.1, 0.15) is 28.8 Å². The van der Waals surface area contributed by atoms with E-state index in [4.69, 9.17) is 0 Å². The zero-order valence-corrected chi connectivity index (χ0v) is 15.1. The van der Waals surface area contributed by atoms with Crippen LogP contribution >= 0.6 is 11.9 Å². The van der Waals surface area contributed by atoms with Gasteiger partial charge in [-0.2, -0.15) is 0 Å². The summed E-state index contributed by atoms with van der Waals surface area (Å²) in [7, 11) is 0.